The van der Waals surface area contributed by atoms with E-state index in [1.54, 1.807) is 25.7 Å². The third-order valence-electron chi connectivity index (χ3n) is 8.37. The van der Waals surface area contributed by atoms with Crippen LogP contribution in [-0.2, 0) is 4.79 Å². The highest BCUT2D eigenvalue weighted by Crippen LogP contribution is 2.38. The first-order valence-electron chi connectivity index (χ1n) is 14.7. The van der Waals surface area contributed by atoms with E-state index in [2.05, 4.69) is 22.1 Å². The zero-order valence-electron chi connectivity index (χ0n) is 24.2. The van der Waals surface area contributed by atoms with Crippen LogP contribution in [0, 0.1) is 23.2 Å². The summed E-state index contributed by atoms with van der Waals surface area (Å²) >= 11 is 0. The number of carbonyl (C=O) groups excluding carboxylic acids is 1. The lowest BCUT2D eigenvalue weighted by Gasteiger charge is -2.35. The molecule has 2 N–H and O–H groups in total. The van der Waals surface area contributed by atoms with E-state index in [1.165, 1.54) is 12.0 Å². The van der Waals surface area contributed by atoms with Crippen molar-refractivity contribution < 1.29 is 9.53 Å². The van der Waals surface area contributed by atoms with Crippen LogP contribution >= 0.6 is 0 Å². The summed E-state index contributed by atoms with van der Waals surface area (Å²) in [6.45, 7) is 4.73. The Morgan fingerprint density at radius 1 is 1.15 bits per heavy atom. The van der Waals surface area contributed by atoms with E-state index in [1.807, 2.05) is 43.0 Å². The van der Waals surface area contributed by atoms with Gasteiger partial charge in [0.15, 0.2) is 0 Å². The number of aliphatic imine (C=N–C) groups is 1. The van der Waals surface area contributed by atoms with E-state index in [-0.39, 0.29) is 17.9 Å². The fourth-order valence-electron chi connectivity index (χ4n) is 6.06. The second-order valence-electron chi connectivity index (χ2n) is 11.5. The molecule has 2 aliphatic carbocycles. The van der Waals surface area contributed by atoms with Crippen molar-refractivity contribution in [3.05, 3.63) is 59.4 Å². The average Bonchev–Trinajstić information content (AvgIpc) is 3.00. The van der Waals surface area contributed by atoms with Crippen LogP contribution in [0.25, 0.3) is 5.57 Å². The fraction of sp³-hybridized carbons (Fsp3) is 0.515. The van der Waals surface area contributed by atoms with Gasteiger partial charge < -0.3 is 10.5 Å². The molecule has 0 atom stereocenters. The summed E-state index contributed by atoms with van der Waals surface area (Å²) < 4.78 is 5.32. The number of pyridine rings is 1. The van der Waals surface area contributed by atoms with E-state index in [0.717, 1.165) is 62.5 Å². The van der Waals surface area contributed by atoms with Crippen LogP contribution in [0.3, 0.4) is 0 Å². The minimum atomic E-state index is 0.0614. The number of hydrogen-bond acceptors (Lipinski definition) is 6. The summed E-state index contributed by atoms with van der Waals surface area (Å²) in [4.78, 5) is 25.1. The first-order chi connectivity index (χ1) is 19.4. The summed E-state index contributed by atoms with van der Waals surface area (Å²) in [5.74, 6) is 2.39. The van der Waals surface area contributed by atoms with E-state index >= 15 is 0 Å². The number of nitriles is 1. The maximum absolute atomic E-state index is 13.9. The minimum Gasteiger partial charge on any atom is -0.495 e. The molecular weight excluding hydrogens is 498 g/mol. The monoisotopic (exact) mass is 541 g/mol. The van der Waals surface area contributed by atoms with Crippen molar-refractivity contribution in [3.8, 4) is 11.8 Å². The van der Waals surface area contributed by atoms with Gasteiger partial charge in [-0.15, -0.1) is 0 Å². The number of nitrogens with zero attached hydrogens (tertiary/aromatic N) is 4. The third-order valence-corrected chi connectivity index (χ3v) is 8.37. The number of hydrogen-bond donors (Lipinski definition) is 1. The first kappa shape index (κ1) is 29.3. The van der Waals surface area contributed by atoms with Crippen molar-refractivity contribution in [1.29, 1.82) is 5.26 Å². The van der Waals surface area contributed by atoms with Crippen LogP contribution in [-0.4, -0.2) is 36.8 Å². The van der Waals surface area contributed by atoms with E-state index in [0.29, 0.717) is 35.5 Å². The number of benzene rings is 1. The van der Waals surface area contributed by atoms with Crippen molar-refractivity contribution in [3.63, 3.8) is 0 Å². The zero-order chi connectivity index (χ0) is 28.5. The Labute approximate surface area is 239 Å². The summed E-state index contributed by atoms with van der Waals surface area (Å²) in [5.41, 5.74) is 9.47. The van der Waals surface area contributed by atoms with Crippen LogP contribution in [0.15, 0.2) is 47.7 Å². The number of aromatic nitrogens is 1. The van der Waals surface area contributed by atoms with Crippen LogP contribution < -0.4 is 15.4 Å². The van der Waals surface area contributed by atoms with E-state index in [9.17, 15) is 10.1 Å². The quantitative estimate of drug-likeness (QED) is 0.359. The largest absolute Gasteiger partial charge is 0.495 e. The normalized spacial score (nSPS) is 20.4. The van der Waals surface area contributed by atoms with Gasteiger partial charge in [0, 0.05) is 42.7 Å². The first-order valence-corrected chi connectivity index (χ1v) is 14.7. The number of rotatable bonds is 9. The molecule has 212 valence electrons. The molecule has 40 heavy (non-hydrogen) atoms. The minimum absolute atomic E-state index is 0.0614. The Kier molecular flexibility index (Phi) is 10.3. The molecule has 0 spiro atoms. The van der Waals surface area contributed by atoms with E-state index < -0.39 is 0 Å². The average molecular weight is 542 g/mol. The van der Waals surface area contributed by atoms with Crippen LogP contribution in [0.2, 0.25) is 0 Å². The van der Waals surface area contributed by atoms with Crippen molar-refractivity contribution >= 4 is 23.5 Å². The Hall–Kier alpha value is -3.66. The molecule has 1 heterocycles. The lowest BCUT2D eigenvalue weighted by atomic mass is 9.78. The van der Waals surface area contributed by atoms with Gasteiger partial charge in [-0.3, -0.25) is 14.7 Å². The SMILES string of the molecule is COc1ccc(C2CCC(CN(C(=O)C3CCCCC3)c3cc(/C(C=NC(C)C)=C/N)ccn3)CC2)cc1C#N. The van der Waals surface area contributed by atoms with Crippen molar-refractivity contribution in [2.75, 3.05) is 18.6 Å². The molecule has 0 aliphatic heterocycles. The molecule has 2 saturated carbocycles. The van der Waals surface area contributed by atoms with Gasteiger partial charge in [0.1, 0.15) is 17.6 Å². The molecule has 0 bridgehead atoms. The third kappa shape index (κ3) is 7.29. The lowest BCUT2D eigenvalue weighted by Crippen LogP contribution is -2.41. The predicted octanol–water partition coefficient (Wildman–Crippen LogP) is 6.63. The van der Waals surface area contributed by atoms with Gasteiger partial charge in [-0.05, 0) is 99.6 Å². The molecule has 1 aromatic carbocycles. The molecule has 2 fully saturated rings. The molecule has 0 unspecified atom stereocenters. The van der Waals surface area contributed by atoms with Gasteiger partial charge in [0.25, 0.3) is 0 Å². The molecule has 2 aliphatic rings. The van der Waals surface area contributed by atoms with Gasteiger partial charge >= 0.3 is 0 Å². The zero-order valence-corrected chi connectivity index (χ0v) is 24.2. The van der Waals surface area contributed by atoms with Crippen LogP contribution in [0.4, 0.5) is 5.82 Å². The van der Waals surface area contributed by atoms with Gasteiger partial charge in [-0.1, -0.05) is 25.3 Å². The Bertz CT molecular complexity index is 1250. The summed E-state index contributed by atoms with van der Waals surface area (Å²) in [6, 6.07) is 12.3. The molecule has 0 saturated heterocycles. The number of carbonyl (C=O) groups is 1. The van der Waals surface area contributed by atoms with Crippen molar-refractivity contribution in [2.45, 2.75) is 83.6 Å². The number of methoxy groups -OCH3 is 1. The highest BCUT2D eigenvalue weighted by atomic mass is 16.5. The molecule has 7 nitrogen and oxygen atoms in total. The Morgan fingerprint density at radius 2 is 1.90 bits per heavy atom. The van der Waals surface area contributed by atoms with Gasteiger partial charge in [0.2, 0.25) is 5.91 Å². The van der Waals surface area contributed by atoms with Gasteiger partial charge in [0.05, 0.1) is 12.7 Å². The van der Waals surface area contributed by atoms with Crippen LogP contribution in [0.1, 0.15) is 94.2 Å². The van der Waals surface area contributed by atoms with Crippen LogP contribution in [0.5, 0.6) is 5.75 Å². The molecule has 2 aromatic rings. The summed E-state index contributed by atoms with van der Waals surface area (Å²) in [6.07, 6.45) is 14.6. The number of amides is 1. The number of anilines is 1. The standard InChI is InChI=1S/C33H43N5O2/c1-23(2)37-21-30(20-35)28-15-16-36-32(18-28)38(33(39)26-7-5-4-6-8-26)22-24-9-11-25(12-10-24)27-13-14-31(40-3)29(17-27)19-34/h13-18,20-21,23-26H,4-12,22,35H2,1-3H3/b30-20+,37-21?. The maximum Gasteiger partial charge on any atom is 0.231 e. The Balaban J connectivity index is 1.52. The Morgan fingerprint density at radius 3 is 2.55 bits per heavy atom. The summed E-state index contributed by atoms with van der Waals surface area (Å²) in [7, 11) is 1.60. The fourth-order valence-corrected chi connectivity index (χ4v) is 6.06. The molecule has 4 rings (SSSR count). The highest BCUT2D eigenvalue weighted by Gasteiger charge is 2.31. The van der Waals surface area contributed by atoms with Crippen molar-refractivity contribution in [1.82, 2.24) is 4.98 Å². The molecular formula is C33H43N5O2. The van der Waals surface area contributed by atoms with Gasteiger partial charge in [-0.25, -0.2) is 4.98 Å². The number of ether oxygens (including phenoxy) is 1. The topological polar surface area (TPSA) is 105 Å². The molecule has 1 amide bonds. The highest BCUT2D eigenvalue weighted by molar-refractivity contribution is 6.10. The second-order valence-corrected chi connectivity index (χ2v) is 11.5. The van der Waals surface area contributed by atoms with Crippen molar-refractivity contribution in [2.24, 2.45) is 22.6 Å². The van der Waals surface area contributed by atoms with Gasteiger partial charge in [-0.2, -0.15) is 5.26 Å². The summed E-state index contributed by atoms with van der Waals surface area (Å²) in [5, 5.41) is 9.51. The number of allylic oxidation sites excluding steroid dienone is 1. The predicted molar refractivity (Wildman–Crippen MR) is 161 cm³/mol. The van der Waals surface area contributed by atoms with E-state index in [4.69, 9.17) is 10.5 Å². The molecule has 0 radical (unpaired) electrons. The smallest absolute Gasteiger partial charge is 0.231 e. The lowest BCUT2D eigenvalue weighted by molar-refractivity contribution is -0.123. The second kappa shape index (κ2) is 14.1. The maximum atomic E-state index is 13.9. The molecule has 1 aromatic heterocycles. The molecule has 7 heteroatoms. The number of nitrogens with two attached hydrogens (primary N) is 1.